The third-order valence-electron chi connectivity index (χ3n) is 1.90. The topological polar surface area (TPSA) is 40.6 Å². The van der Waals surface area contributed by atoms with Crippen molar-refractivity contribution in [1.82, 2.24) is 9.80 Å². The number of likely N-dealkylation sites (N-methyl/N-ethyl adjacent to an activating group) is 2. The number of Topliss-reactive ketones (excluding diaryl/α,β-unsaturated/α-hetero) is 2. The van der Waals surface area contributed by atoms with Gasteiger partial charge in [-0.25, -0.2) is 0 Å². The molecule has 4 nitrogen and oxygen atoms in total. The standard InChI is InChI=1S/C6H13NO.C5H11NO/c1-5(6(2)8)7(3)4;1-5(7)4-6(2)3/h5H,1-4H3;4H2,1-3H3/t5-;/m0./s1. The van der Waals surface area contributed by atoms with Gasteiger partial charge in [-0.2, -0.15) is 0 Å². The zero-order valence-corrected chi connectivity index (χ0v) is 11.0. The van der Waals surface area contributed by atoms with Gasteiger partial charge in [0.2, 0.25) is 0 Å². The summed E-state index contributed by atoms with van der Waals surface area (Å²) >= 11 is 0. The van der Waals surface area contributed by atoms with E-state index in [1.54, 1.807) is 13.8 Å². The summed E-state index contributed by atoms with van der Waals surface area (Å²) < 4.78 is 0. The molecule has 0 fully saturated rings. The molecule has 0 aliphatic rings. The lowest BCUT2D eigenvalue weighted by atomic mass is 10.2. The molecule has 0 bridgehead atoms. The number of carbonyl (C=O) groups excluding carboxylic acids is 2. The Morgan fingerprint density at radius 2 is 1.47 bits per heavy atom. The van der Waals surface area contributed by atoms with E-state index in [-0.39, 0.29) is 17.6 Å². The highest BCUT2D eigenvalue weighted by molar-refractivity contribution is 5.80. The Morgan fingerprint density at radius 1 is 1.07 bits per heavy atom. The van der Waals surface area contributed by atoms with Crippen molar-refractivity contribution in [3.63, 3.8) is 0 Å². The molecule has 0 aliphatic heterocycles. The van der Waals surface area contributed by atoms with Crippen LogP contribution >= 0.6 is 0 Å². The molecule has 0 unspecified atom stereocenters. The molecule has 0 aromatic rings. The predicted molar refractivity (Wildman–Crippen MR) is 63.1 cm³/mol. The van der Waals surface area contributed by atoms with Crippen molar-refractivity contribution >= 4 is 11.6 Å². The van der Waals surface area contributed by atoms with Crippen LogP contribution < -0.4 is 0 Å². The van der Waals surface area contributed by atoms with E-state index in [9.17, 15) is 9.59 Å². The van der Waals surface area contributed by atoms with Gasteiger partial charge in [-0.1, -0.05) is 0 Å². The quantitative estimate of drug-likeness (QED) is 0.692. The van der Waals surface area contributed by atoms with Crippen molar-refractivity contribution in [2.45, 2.75) is 26.8 Å². The second-order valence-corrected chi connectivity index (χ2v) is 4.19. The van der Waals surface area contributed by atoms with E-state index < -0.39 is 0 Å². The Labute approximate surface area is 93.2 Å². The molecule has 0 spiro atoms. The molecule has 0 radical (unpaired) electrons. The van der Waals surface area contributed by atoms with Crippen LogP contribution in [0.4, 0.5) is 0 Å². The van der Waals surface area contributed by atoms with Gasteiger partial charge in [0.05, 0.1) is 12.6 Å². The average molecular weight is 216 g/mol. The Morgan fingerprint density at radius 3 is 1.47 bits per heavy atom. The van der Waals surface area contributed by atoms with Gasteiger partial charge in [0.15, 0.2) is 0 Å². The number of hydrogen-bond acceptors (Lipinski definition) is 4. The van der Waals surface area contributed by atoms with E-state index in [4.69, 9.17) is 0 Å². The van der Waals surface area contributed by atoms with E-state index in [1.165, 1.54) is 0 Å². The van der Waals surface area contributed by atoms with Crippen LogP contribution in [0.3, 0.4) is 0 Å². The lowest BCUT2D eigenvalue weighted by molar-refractivity contribution is -0.120. The summed E-state index contributed by atoms with van der Waals surface area (Å²) in [7, 11) is 7.54. The third kappa shape index (κ3) is 13.3. The van der Waals surface area contributed by atoms with Crippen molar-refractivity contribution in [1.29, 1.82) is 0 Å². The summed E-state index contributed by atoms with van der Waals surface area (Å²) in [5.41, 5.74) is 0. The molecule has 15 heavy (non-hydrogen) atoms. The maximum absolute atomic E-state index is 10.5. The van der Waals surface area contributed by atoms with Crippen molar-refractivity contribution in [3.05, 3.63) is 0 Å². The van der Waals surface area contributed by atoms with Gasteiger partial charge < -0.3 is 4.90 Å². The van der Waals surface area contributed by atoms with Crippen LogP contribution in [-0.2, 0) is 9.59 Å². The molecule has 4 heteroatoms. The Kier molecular flexibility index (Phi) is 9.52. The summed E-state index contributed by atoms with van der Waals surface area (Å²) in [5.74, 6) is 0.431. The van der Waals surface area contributed by atoms with Crippen LogP contribution in [0.15, 0.2) is 0 Å². The largest absolute Gasteiger partial charge is 0.302 e. The maximum atomic E-state index is 10.5. The molecule has 1 atom stereocenters. The zero-order chi connectivity index (χ0) is 12.6. The van der Waals surface area contributed by atoms with E-state index >= 15 is 0 Å². The molecule has 0 aromatic heterocycles. The van der Waals surface area contributed by atoms with E-state index in [2.05, 4.69) is 0 Å². The summed E-state index contributed by atoms with van der Waals surface area (Å²) in [6.07, 6.45) is 0. The van der Waals surface area contributed by atoms with Crippen LogP contribution in [0.1, 0.15) is 20.8 Å². The highest BCUT2D eigenvalue weighted by atomic mass is 16.1. The first-order valence-corrected chi connectivity index (χ1v) is 4.99. The second kappa shape index (κ2) is 8.56. The molecule has 0 amide bonds. The third-order valence-corrected chi connectivity index (χ3v) is 1.90. The summed E-state index contributed by atoms with van der Waals surface area (Å²) in [6.45, 7) is 5.63. The summed E-state index contributed by atoms with van der Waals surface area (Å²) in [5, 5.41) is 0. The number of nitrogens with zero attached hydrogens (tertiary/aromatic N) is 2. The molecular formula is C11H24N2O2. The Hall–Kier alpha value is -0.740. The molecule has 0 saturated heterocycles. The Bertz CT molecular complexity index is 201. The lowest BCUT2D eigenvalue weighted by Gasteiger charge is -2.15. The molecule has 0 N–H and O–H groups in total. The minimum atomic E-state index is 0.0648. The maximum Gasteiger partial charge on any atom is 0.146 e. The minimum absolute atomic E-state index is 0.0648. The van der Waals surface area contributed by atoms with E-state index in [0.717, 1.165) is 0 Å². The van der Waals surface area contributed by atoms with Gasteiger partial charge in [0.1, 0.15) is 11.6 Å². The van der Waals surface area contributed by atoms with Crippen LogP contribution in [0.5, 0.6) is 0 Å². The van der Waals surface area contributed by atoms with Crippen molar-refractivity contribution in [3.8, 4) is 0 Å². The fraction of sp³-hybridized carbons (Fsp3) is 0.818. The number of ketones is 2. The highest BCUT2D eigenvalue weighted by Crippen LogP contribution is 1.90. The van der Waals surface area contributed by atoms with Crippen LogP contribution in [0, 0.1) is 0 Å². The van der Waals surface area contributed by atoms with E-state index in [1.807, 2.05) is 44.9 Å². The SMILES string of the molecule is CC(=O)CN(C)C.CC(=O)[C@H](C)N(C)C. The average Bonchev–Trinajstić information content (AvgIpc) is 2.00. The monoisotopic (exact) mass is 216 g/mol. The molecule has 0 saturated carbocycles. The number of rotatable bonds is 4. The van der Waals surface area contributed by atoms with Crippen molar-refractivity contribution in [2.24, 2.45) is 0 Å². The lowest BCUT2D eigenvalue weighted by Crippen LogP contribution is -2.30. The molecule has 0 aromatic carbocycles. The van der Waals surface area contributed by atoms with Gasteiger partial charge in [-0.15, -0.1) is 0 Å². The van der Waals surface area contributed by atoms with Crippen LogP contribution in [0.25, 0.3) is 0 Å². The van der Waals surface area contributed by atoms with Crippen molar-refractivity contribution in [2.75, 3.05) is 34.7 Å². The summed E-state index contributed by atoms with van der Waals surface area (Å²) in [4.78, 5) is 24.5. The fourth-order valence-electron chi connectivity index (χ4n) is 0.809. The first kappa shape index (κ1) is 16.7. The fourth-order valence-corrected chi connectivity index (χ4v) is 0.809. The molecular weight excluding hydrogens is 192 g/mol. The van der Waals surface area contributed by atoms with Crippen LogP contribution in [-0.4, -0.2) is 62.1 Å². The number of hydrogen-bond donors (Lipinski definition) is 0. The molecule has 0 heterocycles. The van der Waals surface area contributed by atoms with Gasteiger partial charge in [0, 0.05) is 0 Å². The highest BCUT2D eigenvalue weighted by Gasteiger charge is 2.07. The molecule has 0 aliphatic carbocycles. The zero-order valence-electron chi connectivity index (χ0n) is 11.0. The second-order valence-electron chi connectivity index (χ2n) is 4.19. The summed E-state index contributed by atoms with van der Waals surface area (Å²) in [6, 6.07) is 0.0648. The normalized spacial score (nSPS) is 12.1. The minimum Gasteiger partial charge on any atom is -0.302 e. The molecule has 90 valence electrons. The Balaban J connectivity index is 0. The predicted octanol–water partition coefficient (Wildman–Crippen LogP) is 0.663. The van der Waals surface area contributed by atoms with Gasteiger partial charge in [-0.05, 0) is 49.0 Å². The van der Waals surface area contributed by atoms with Gasteiger partial charge >= 0.3 is 0 Å². The smallest absolute Gasteiger partial charge is 0.146 e. The van der Waals surface area contributed by atoms with Gasteiger partial charge in [-0.3, -0.25) is 14.5 Å². The first-order chi connectivity index (χ1) is 6.68. The number of carbonyl (C=O) groups is 2. The van der Waals surface area contributed by atoms with E-state index in [0.29, 0.717) is 6.54 Å². The van der Waals surface area contributed by atoms with Crippen molar-refractivity contribution < 1.29 is 9.59 Å². The van der Waals surface area contributed by atoms with Crippen LogP contribution in [0.2, 0.25) is 0 Å². The molecule has 0 rings (SSSR count). The first-order valence-electron chi connectivity index (χ1n) is 4.99. The van der Waals surface area contributed by atoms with Gasteiger partial charge in [0.25, 0.3) is 0 Å².